The van der Waals surface area contributed by atoms with Crippen molar-refractivity contribution in [1.82, 2.24) is 24.5 Å². The molecule has 1 amide bonds. The van der Waals surface area contributed by atoms with Crippen molar-refractivity contribution in [2.45, 2.75) is 17.7 Å². The van der Waals surface area contributed by atoms with Crippen molar-refractivity contribution in [3.63, 3.8) is 0 Å². The van der Waals surface area contributed by atoms with Crippen molar-refractivity contribution >= 4 is 27.0 Å². The lowest BCUT2D eigenvalue weighted by Gasteiger charge is -2.34. The third kappa shape index (κ3) is 3.68. The number of aromatic amines is 1. The highest BCUT2D eigenvalue weighted by Gasteiger charge is 2.31. The van der Waals surface area contributed by atoms with E-state index in [0.717, 1.165) is 13.0 Å². The van der Waals surface area contributed by atoms with E-state index in [-0.39, 0.29) is 10.8 Å². The number of nitrogens with one attached hydrogen (secondary N) is 2. The maximum atomic E-state index is 12.9. The van der Waals surface area contributed by atoms with E-state index in [2.05, 4.69) is 15.3 Å². The average Bonchev–Trinajstić information content (AvgIpc) is 3.07. The minimum absolute atomic E-state index is 0.0867. The van der Waals surface area contributed by atoms with Gasteiger partial charge in [-0.05, 0) is 32.1 Å². The summed E-state index contributed by atoms with van der Waals surface area (Å²) in [5, 5.41) is 3.61. The second-order valence-electron chi connectivity index (χ2n) is 6.04. The van der Waals surface area contributed by atoms with Gasteiger partial charge >= 0.3 is 0 Å². The smallest absolute Gasteiger partial charge is 0.245 e. The van der Waals surface area contributed by atoms with E-state index in [1.54, 1.807) is 23.2 Å². The molecule has 1 aliphatic heterocycles. The monoisotopic (exact) mass is 365 g/mol. The second-order valence-corrected chi connectivity index (χ2v) is 7.95. The number of pyridine rings is 1. The lowest BCUT2D eigenvalue weighted by Crippen LogP contribution is -2.50. The van der Waals surface area contributed by atoms with E-state index < -0.39 is 10.0 Å². The zero-order valence-corrected chi connectivity index (χ0v) is 15.1. The zero-order chi connectivity index (χ0) is 17.9. The number of nitrogens with zero attached hydrogens (tertiary/aromatic N) is 3. The van der Waals surface area contributed by atoms with Gasteiger partial charge in [-0.1, -0.05) is 0 Å². The third-order valence-electron chi connectivity index (χ3n) is 4.44. The van der Waals surface area contributed by atoms with Crippen LogP contribution in [0.25, 0.3) is 11.0 Å². The maximum absolute atomic E-state index is 12.9. The molecule has 0 atom stereocenters. The van der Waals surface area contributed by atoms with Crippen LogP contribution in [-0.4, -0.2) is 73.3 Å². The number of fused-ring (bicyclic) bond motifs is 1. The molecule has 2 aromatic rings. The second kappa shape index (κ2) is 7.51. The summed E-state index contributed by atoms with van der Waals surface area (Å²) in [6.07, 6.45) is 4.38. The van der Waals surface area contributed by atoms with E-state index in [1.807, 2.05) is 7.05 Å². The Bertz CT molecular complexity index is 840. The van der Waals surface area contributed by atoms with Crippen LogP contribution in [0, 0.1) is 0 Å². The van der Waals surface area contributed by atoms with E-state index in [4.69, 9.17) is 0 Å². The standard InChI is InChI=1S/C16H23N5O3S/c1-17-6-3-5-15(22)20-8-10-21(11-9-20)25(23,24)14-12-19-16-13(14)4-2-7-18-16/h2,4,7,12,17H,3,5-6,8-11H2,1H3,(H,18,19). The fourth-order valence-corrected chi connectivity index (χ4v) is 4.61. The highest BCUT2D eigenvalue weighted by Crippen LogP contribution is 2.25. The highest BCUT2D eigenvalue weighted by molar-refractivity contribution is 7.89. The molecule has 136 valence electrons. The van der Waals surface area contributed by atoms with Crippen LogP contribution in [0.4, 0.5) is 0 Å². The number of rotatable bonds is 6. The number of sulfonamides is 1. The first-order valence-electron chi connectivity index (χ1n) is 8.38. The summed E-state index contributed by atoms with van der Waals surface area (Å²) < 4.78 is 27.3. The lowest BCUT2D eigenvalue weighted by molar-refractivity contribution is -0.132. The predicted molar refractivity (Wildman–Crippen MR) is 94.6 cm³/mol. The van der Waals surface area contributed by atoms with Gasteiger partial charge < -0.3 is 15.2 Å². The maximum Gasteiger partial charge on any atom is 0.245 e. The van der Waals surface area contributed by atoms with Gasteiger partial charge in [-0.15, -0.1) is 0 Å². The number of H-pyrrole nitrogens is 1. The largest absolute Gasteiger partial charge is 0.345 e. The minimum atomic E-state index is -3.60. The van der Waals surface area contributed by atoms with Gasteiger partial charge in [0.2, 0.25) is 15.9 Å². The number of piperazine rings is 1. The number of carbonyl (C=O) groups excluding carboxylic acids is 1. The predicted octanol–water partition coefficient (Wildman–Crippen LogP) is 0.395. The van der Waals surface area contributed by atoms with Crippen molar-refractivity contribution in [2.24, 2.45) is 0 Å². The molecular formula is C16H23N5O3S. The molecule has 0 radical (unpaired) electrons. The van der Waals surface area contributed by atoms with E-state index >= 15 is 0 Å². The van der Waals surface area contributed by atoms with Crippen LogP contribution in [-0.2, 0) is 14.8 Å². The minimum Gasteiger partial charge on any atom is -0.345 e. The molecule has 1 aliphatic rings. The summed E-state index contributed by atoms with van der Waals surface area (Å²) in [5.41, 5.74) is 0.555. The van der Waals surface area contributed by atoms with Crippen LogP contribution < -0.4 is 5.32 Å². The molecule has 2 aromatic heterocycles. The van der Waals surface area contributed by atoms with Gasteiger partial charge in [-0.25, -0.2) is 13.4 Å². The van der Waals surface area contributed by atoms with Gasteiger partial charge in [-0.2, -0.15) is 4.31 Å². The molecule has 1 saturated heterocycles. The fraction of sp³-hybridized carbons (Fsp3) is 0.500. The Hall–Kier alpha value is -1.97. The van der Waals surface area contributed by atoms with Crippen LogP contribution in [0.15, 0.2) is 29.4 Å². The Morgan fingerprint density at radius 2 is 2.08 bits per heavy atom. The highest BCUT2D eigenvalue weighted by atomic mass is 32.2. The summed E-state index contributed by atoms with van der Waals surface area (Å²) in [6, 6.07) is 3.46. The van der Waals surface area contributed by atoms with Gasteiger partial charge in [0.25, 0.3) is 0 Å². The van der Waals surface area contributed by atoms with Gasteiger partial charge in [0.1, 0.15) is 10.5 Å². The SMILES string of the molecule is CNCCCC(=O)N1CCN(S(=O)(=O)c2c[nH]c3ncccc23)CC1. The molecule has 0 saturated carbocycles. The number of carbonyl (C=O) groups is 1. The Labute approximate surface area is 147 Å². The Balaban J connectivity index is 1.67. The number of amides is 1. The summed E-state index contributed by atoms with van der Waals surface area (Å²) in [7, 11) is -1.75. The molecule has 0 aromatic carbocycles. The Morgan fingerprint density at radius 3 is 2.80 bits per heavy atom. The van der Waals surface area contributed by atoms with Crippen LogP contribution in [0.1, 0.15) is 12.8 Å². The molecule has 0 spiro atoms. The lowest BCUT2D eigenvalue weighted by atomic mass is 10.2. The van der Waals surface area contributed by atoms with Gasteiger partial charge in [0.15, 0.2) is 0 Å². The van der Waals surface area contributed by atoms with Crippen LogP contribution in [0.3, 0.4) is 0 Å². The molecule has 1 fully saturated rings. The number of hydrogen-bond donors (Lipinski definition) is 2. The van der Waals surface area contributed by atoms with Gasteiger partial charge in [0, 0.05) is 50.4 Å². The first-order chi connectivity index (χ1) is 12.0. The summed E-state index contributed by atoms with van der Waals surface area (Å²) in [4.78, 5) is 21.2. The van der Waals surface area contributed by atoms with Crippen LogP contribution in [0.5, 0.6) is 0 Å². The molecule has 3 rings (SSSR count). The Kier molecular flexibility index (Phi) is 5.36. The fourth-order valence-electron chi connectivity index (χ4n) is 3.04. The molecule has 0 unspecified atom stereocenters. The molecule has 8 nitrogen and oxygen atoms in total. The molecule has 0 bridgehead atoms. The van der Waals surface area contributed by atoms with Crippen LogP contribution in [0.2, 0.25) is 0 Å². The van der Waals surface area contributed by atoms with Crippen LogP contribution >= 0.6 is 0 Å². The van der Waals surface area contributed by atoms with E-state index in [0.29, 0.717) is 43.6 Å². The molecule has 25 heavy (non-hydrogen) atoms. The topological polar surface area (TPSA) is 98.4 Å². The average molecular weight is 365 g/mol. The van der Waals surface area contributed by atoms with Crippen molar-refractivity contribution in [3.8, 4) is 0 Å². The number of aromatic nitrogens is 2. The first kappa shape index (κ1) is 17.8. The van der Waals surface area contributed by atoms with Crippen molar-refractivity contribution in [3.05, 3.63) is 24.5 Å². The van der Waals surface area contributed by atoms with E-state index in [1.165, 1.54) is 10.5 Å². The summed E-state index contributed by atoms with van der Waals surface area (Å²) in [5.74, 6) is 0.0867. The van der Waals surface area contributed by atoms with Crippen molar-refractivity contribution in [2.75, 3.05) is 39.8 Å². The van der Waals surface area contributed by atoms with Crippen molar-refractivity contribution in [1.29, 1.82) is 0 Å². The molecule has 0 aliphatic carbocycles. The van der Waals surface area contributed by atoms with Crippen molar-refractivity contribution < 1.29 is 13.2 Å². The first-order valence-corrected chi connectivity index (χ1v) is 9.82. The molecule has 9 heteroatoms. The normalized spacial score (nSPS) is 16.4. The Morgan fingerprint density at radius 1 is 1.32 bits per heavy atom. The molecular weight excluding hydrogens is 342 g/mol. The van der Waals surface area contributed by atoms with Gasteiger partial charge in [0.05, 0.1) is 0 Å². The zero-order valence-electron chi connectivity index (χ0n) is 14.2. The van der Waals surface area contributed by atoms with E-state index in [9.17, 15) is 13.2 Å². The quantitative estimate of drug-likeness (QED) is 0.722. The third-order valence-corrected chi connectivity index (χ3v) is 6.38. The molecule has 2 N–H and O–H groups in total. The summed E-state index contributed by atoms with van der Waals surface area (Å²) in [6.45, 7) is 2.28. The summed E-state index contributed by atoms with van der Waals surface area (Å²) >= 11 is 0. The number of hydrogen-bond acceptors (Lipinski definition) is 5. The van der Waals surface area contributed by atoms with Gasteiger partial charge in [-0.3, -0.25) is 4.79 Å². The molecule has 3 heterocycles.